The van der Waals surface area contributed by atoms with E-state index in [4.69, 9.17) is 11.6 Å². The van der Waals surface area contributed by atoms with Crippen LogP contribution in [0.3, 0.4) is 0 Å². The second-order valence-electron chi connectivity index (χ2n) is 3.31. The summed E-state index contributed by atoms with van der Waals surface area (Å²) in [6, 6.07) is 14.1. The first-order valence-electron chi connectivity index (χ1n) is 5.08. The molecule has 2 nitrogen and oxygen atoms in total. The molecule has 0 unspecified atom stereocenters. The first kappa shape index (κ1) is 14.6. The molecule has 0 saturated carbocycles. The normalized spacial score (nSPS) is 9.00. The predicted molar refractivity (Wildman–Crippen MR) is 76.4 cm³/mol. The van der Waals surface area contributed by atoms with Gasteiger partial charge < -0.3 is 0 Å². The van der Waals surface area contributed by atoms with E-state index in [9.17, 15) is 9.59 Å². The summed E-state index contributed by atoms with van der Waals surface area (Å²) in [5.41, 5.74) is 1.25. The quantitative estimate of drug-likeness (QED) is 0.766. The Morgan fingerprint density at radius 3 is 1.94 bits per heavy atom. The maximum atomic E-state index is 10.1. The average molecular weight is 326 g/mol. The first-order chi connectivity index (χ1) is 8.67. The molecule has 18 heavy (non-hydrogen) atoms. The minimum absolute atomic E-state index is 0.507. The summed E-state index contributed by atoms with van der Waals surface area (Å²) in [6.45, 7) is 0. The van der Waals surface area contributed by atoms with Crippen LogP contribution >= 0.6 is 27.5 Å². The zero-order valence-corrected chi connectivity index (χ0v) is 11.7. The van der Waals surface area contributed by atoms with Gasteiger partial charge in [-0.15, -0.1) is 0 Å². The molecule has 0 bridgehead atoms. The van der Waals surface area contributed by atoms with Gasteiger partial charge in [-0.2, -0.15) is 0 Å². The summed E-state index contributed by atoms with van der Waals surface area (Å²) < 4.78 is 0.994. The number of benzene rings is 2. The summed E-state index contributed by atoms with van der Waals surface area (Å²) in [6.07, 6.45) is 1.56. The third-order valence-electron chi connectivity index (χ3n) is 2.04. The van der Waals surface area contributed by atoms with E-state index >= 15 is 0 Å². The highest BCUT2D eigenvalue weighted by molar-refractivity contribution is 9.10. The lowest BCUT2D eigenvalue weighted by Gasteiger charge is -1.90. The molecule has 92 valence electrons. The number of aldehydes is 2. The standard InChI is InChI=1S/C7H5BrO.C7H5ClO/c8-7-3-1-6(5-9)2-4-7;8-7-4-2-1-3-6(7)5-9/h2*1-5H. The van der Waals surface area contributed by atoms with Crippen molar-refractivity contribution in [3.8, 4) is 0 Å². The summed E-state index contributed by atoms with van der Waals surface area (Å²) in [7, 11) is 0. The van der Waals surface area contributed by atoms with Crippen LogP contribution in [-0.2, 0) is 0 Å². The molecule has 0 aromatic heterocycles. The van der Waals surface area contributed by atoms with Gasteiger partial charge in [0, 0.05) is 15.6 Å². The van der Waals surface area contributed by atoms with Crippen LogP contribution in [0.4, 0.5) is 0 Å². The van der Waals surface area contributed by atoms with Gasteiger partial charge in [-0.05, 0) is 18.2 Å². The van der Waals surface area contributed by atoms with E-state index in [1.165, 1.54) is 0 Å². The first-order valence-corrected chi connectivity index (χ1v) is 6.25. The van der Waals surface area contributed by atoms with Crippen molar-refractivity contribution in [1.82, 2.24) is 0 Å². The minimum atomic E-state index is 0.507. The number of rotatable bonds is 2. The van der Waals surface area contributed by atoms with Crippen LogP contribution in [0.5, 0.6) is 0 Å². The maximum absolute atomic E-state index is 10.1. The Labute approximate surface area is 119 Å². The van der Waals surface area contributed by atoms with E-state index in [0.717, 1.165) is 17.0 Å². The zero-order valence-electron chi connectivity index (χ0n) is 9.35. The molecule has 2 aromatic carbocycles. The Hall–Kier alpha value is -1.45. The van der Waals surface area contributed by atoms with E-state index < -0.39 is 0 Å². The zero-order chi connectivity index (χ0) is 13.4. The lowest BCUT2D eigenvalue weighted by atomic mass is 10.2. The van der Waals surface area contributed by atoms with E-state index in [1.807, 2.05) is 12.1 Å². The summed E-state index contributed by atoms with van der Waals surface area (Å²) in [5, 5.41) is 0.507. The molecule has 0 amide bonds. The molecular formula is C14H10BrClO2. The highest BCUT2D eigenvalue weighted by Crippen LogP contribution is 2.11. The monoisotopic (exact) mass is 324 g/mol. The highest BCUT2D eigenvalue weighted by Gasteiger charge is 1.92. The van der Waals surface area contributed by atoms with E-state index in [-0.39, 0.29) is 0 Å². The highest BCUT2D eigenvalue weighted by atomic mass is 79.9. The van der Waals surface area contributed by atoms with Crippen LogP contribution in [0.1, 0.15) is 20.7 Å². The number of hydrogen-bond donors (Lipinski definition) is 0. The van der Waals surface area contributed by atoms with Crippen molar-refractivity contribution in [1.29, 1.82) is 0 Å². The Bertz CT molecular complexity index is 524. The van der Waals surface area contributed by atoms with Gasteiger partial charge in [-0.3, -0.25) is 9.59 Å². The van der Waals surface area contributed by atoms with Crippen LogP contribution in [0.25, 0.3) is 0 Å². The van der Waals surface area contributed by atoms with Crippen LogP contribution in [0.15, 0.2) is 53.0 Å². The van der Waals surface area contributed by atoms with Gasteiger partial charge in [0.15, 0.2) is 6.29 Å². The van der Waals surface area contributed by atoms with Crippen molar-refractivity contribution in [3.63, 3.8) is 0 Å². The molecule has 0 saturated heterocycles. The molecule has 2 aromatic rings. The fraction of sp³-hybridized carbons (Fsp3) is 0. The molecular weight excluding hydrogens is 316 g/mol. The largest absolute Gasteiger partial charge is 0.298 e. The smallest absolute Gasteiger partial charge is 0.151 e. The molecule has 0 N–H and O–H groups in total. The van der Waals surface area contributed by atoms with Gasteiger partial charge in [0.05, 0.1) is 5.02 Å². The molecule has 2 rings (SSSR count). The summed E-state index contributed by atoms with van der Waals surface area (Å²) >= 11 is 8.85. The summed E-state index contributed by atoms with van der Waals surface area (Å²) in [4.78, 5) is 20.2. The third-order valence-corrected chi connectivity index (χ3v) is 2.91. The van der Waals surface area contributed by atoms with Gasteiger partial charge in [-0.1, -0.05) is 57.9 Å². The van der Waals surface area contributed by atoms with Crippen LogP contribution < -0.4 is 0 Å². The molecule has 0 aliphatic heterocycles. The van der Waals surface area contributed by atoms with Crippen LogP contribution in [0.2, 0.25) is 5.02 Å². The van der Waals surface area contributed by atoms with E-state index in [1.54, 1.807) is 36.4 Å². The third kappa shape index (κ3) is 4.82. The lowest BCUT2D eigenvalue weighted by molar-refractivity contribution is 0.111. The molecule has 0 fully saturated rings. The Balaban J connectivity index is 0.000000180. The van der Waals surface area contributed by atoms with Crippen LogP contribution in [-0.4, -0.2) is 12.6 Å². The molecule has 0 atom stereocenters. The fourth-order valence-electron chi connectivity index (χ4n) is 1.11. The van der Waals surface area contributed by atoms with Crippen molar-refractivity contribution in [2.45, 2.75) is 0 Å². The number of hydrogen-bond acceptors (Lipinski definition) is 2. The van der Waals surface area contributed by atoms with Gasteiger partial charge in [0.2, 0.25) is 0 Å². The Morgan fingerprint density at radius 1 is 0.889 bits per heavy atom. The number of carbonyl (C=O) groups is 2. The second kappa shape index (κ2) is 7.80. The Kier molecular flexibility index (Phi) is 6.33. The molecule has 0 aliphatic carbocycles. The molecule has 4 heteroatoms. The summed E-state index contributed by atoms with van der Waals surface area (Å²) in [5.74, 6) is 0. The second-order valence-corrected chi connectivity index (χ2v) is 4.63. The number of carbonyl (C=O) groups excluding carboxylic acids is 2. The van der Waals surface area contributed by atoms with Crippen molar-refractivity contribution >= 4 is 40.1 Å². The van der Waals surface area contributed by atoms with Crippen molar-refractivity contribution in [2.75, 3.05) is 0 Å². The van der Waals surface area contributed by atoms with Crippen LogP contribution in [0, 0.1) is 0 Å². The predicted octanol–water partition coefficient (Wildman–Crippen LogP) is 4.41. The molecule has 0 spiro atoms. The van der Waals surface area contributed by atoms with Crippen molar-refractivity contribution in [2.24, 2.45) is 0 Å². The molecule has 0 radical (unpaired) electrons. The molecule has 0 heterocycles. The van der Waals surface area contributed by atoms with Gasteiger partial charge >= 0.3 is 0 Å². The van der Waals surface area contributed by atoms with Gasteiger partial charge in [0.1, 0.15) is 6.29 Å². The SMILES string of the molecule is O=Cc1ccc(Br)cc1.O=Cc1ccccc1Cl. The number of halogens is 2. The van der Waals surface area contributed by atoms with Gasteiger partial charge in [-0.25, -0.2) is 0 Å². The van der Waals surface area contributed by atoms with Crippen molar-refractivity contribution < 1.29 is 9.59 Å². The lowest BCUT2D eigenvalue weighted by Crippen LogP contribution is -1.77. The van der Waals surface area contributed by atoms with E-state index in [0.29, 0.717) is 16.1 Å². The van der Waals surface area contributed by atoms with Gasteiger partial charge in [0.25, 0.3) is 0 Å². The fourth-order valence-corrected chi connectivity index (χ4v) is 1.56. The minimum Gasteiger partial charge on any atom is -0.298 e. The average Bonchev–Trinajstić information content (AvgIpc) is 2.41. The van der Waals surface area contributed by atoms with E-state index in [2.05, 4.69) is 15.9 Å². The maximum Gasteiger partial charge on any atom is 0.151 e. The molecule has 0 aliphatic rings. The van der Waals surface area contributed by atoms with Crippen molar-refractivity contribution in [3.05, 3.63) is 69.2 Å². The topological polar surface area (TPSA) is 34.1 Å². The Morgan fingerprint density at radius 2 is 1.50 bits per heavy atom.